The summed E-state index contributed by atoms with van der Waals surface area (Å²) in [5, 5.41) is 0. The number of likely N-dealkylation sites (tertiary alicyclic amines) is 1. The molecule has 17 heavy (non-hydrogen) atoms. The average Bonchev–Trinajstić information content (AvgIpc) is 2.78. The normalized spacial score (nSPS) is 20.1. The van der Waals surface area contributed by atoms with Crippen LogP contribution in [0.5, 0.6) is 0 Å². The van der Waals surface area contributed by atoms with Crippen molar-refractivity contribution in [2.24, 2.45) is 0 Å². The number of imide groups is 2. The lowest BCUT2D eigenvalue weighted by Crippen LogP contribution is -2.46. The predicted molar refractivity (Wildman–Crippen MR) is 55.5 cm³/mol. The highest BCUT2D eigenvalue weighted by atomic mass is 16.2. The molecule has 0 aromatic rings. The van der Waals surface area contributed by atoms with Gasteiger partial charge in [0.05, 0.1) is 0 Å². The molecule has 0 saturated carbocycles. The lowest BCUT2D eigenvalue weighted by Gasteiger charge is -2.28. The van der Waals surface area contributed by atoms with E-state index in [-0.39, 0.29) is 19.0 Å². The van der Waals surface area contributed by atoms with Gasteiger partial charge < -0.3 is 0 Å². The topological polar surface area (TPSA) is 74.8 Å². The van der Waals surface area contributed by atoms with Crippen molar-refractivity contribution < 1.29 is 19.2 Å². The minimum atomic E-state index is -0.586. The molecule has 0 aromatic carbocycles. The van der Waals surface area contributed by atoms with Crippen LogP contribution in [0.3, 0.4) is 0 Å². The summed E-state index contributed by atoms with van der Waals surface area (Å²) in [5.41, 5.74) is 0. The van der Waals surface area contributed by atoms with Gasteiger partial charge in [-0.25, -0.2) is 9.80 Å². The van der Waals surface area contributed by atoms with Crippen LogP contribution in [0, 0.1) is 6.17 Å². The zero-order chi connectivity index (χ0) is 12.6. The molecule has 4 amide bonds. The van der Waals surface area contributed by atoms with Crippen LogP contribution < -0.4 is 0 Å². The number of amides is 4. The molecule has 2 aliphatic rings. The molecule has 2 heterocycles. The lowest BCUT2D eigenvalue weighted by molar-refractivity contribution is -0.144. The second kappa shape index (κ2) is 3.97. The maximum atomic E-state index is 11.5. The minimum Gasteiger partial charge on any atom is -0.274 e. The molecule has 0 spiro atoms. The molecule has 0 aliphatic carbocycles. The van der Waals surface area contributed by atoms with Crippen molar-refractivity contribution in [2.75, 3.05) is 0 Å². The van der Waals surface area contributed by atoms with E-state index in [1.54, 1.807) is 0 Å². The zero-order valence-corrected chi connectivity index (χ0v) is 8.88. The standard InChI is InChI=1S/C11H9N2O4/c1-2-7(12-8(14)3-4-9(12)15)13-10(16)5-6-11(13)17/h2-4H,1,5-6H2. The third-order valence-corrected chi connectivity index (χ3v) is 2.50. The minimum absolute atomic E-state index is 0.0832. The van der Waals surface area contributed by atoms with Gasteiger partial charge in [0.15, 0.2) is 6.17 Å². The van der Waals surface area contributed by atoms with Crippen LogP contribution in [0.15, 0.2) is 24.8 Å². The Morgan fingerprint density at radius 2 is 1.47 bits per heavy atom. The number of hydrogen-bond donors (Lipinski definition) is 0. The Morgan fingerprint density at radius 1 is 1.00 bits per heavy atom. The quantitative estimate of drug-likeness (QED) is 0.629. The Balaban J connectivity index is 2.31. The van der Waals surface area contributed by atoms with Crippen molar-refractivity contribution in [3.05, 3.63) is 31.0 Å². The van der Waals surface area contributed by atoms with Crippen LogP contribution in [0.1, 0.15) is 12.8 Å². The van der Waals surface area contributed by atoms with Crippen molar-refractivity contribution in [1.82, 2.24) is 9.80 Å². The van der Waals surface area contributed by atoms with Crippen LogP contribution in [0.2, 0.25) is 0 Å². The molecule has 87 valence electrons. The van der Waals surface area contributed by atoms with Crippen LogP contribution in [-0.4, -0.2) is 33.4 Å². The summed E-state index contributed by atoms with van der Waals surface area (Å²) >= 11 is 0. The first-order valence-electron chi connectivity index (χ1n) is 4.97. The molecule has 6 nitrogen and oxygen atoms in total. The van der Waals surface area contributed by atoms with Crippen molar-refractivity contribution in [2.45, 2.75) is 12.8 Å². The molecule has 0 aromatic heterocycles. The van der Waals surface area contributed by atoms with Crippen molar-refractivity contribution in [3.63, 3.8) is 0 Å². The number of nitrogens with zero attached hydrogens (tertiary/aromatic N) is 2. The van der Waals surface area contributed by atoms with Crippen LogP contribution in [0.4, 0.5) is 0 Å². The van der Waals surface area contributed by atoms with Gasteiger partial charge in [0, 0.05) is 25.0 Å². The van der Waals surface area contributed by atoms with Gasteiger partial charge in [-0.05, 0) is 6.08 Å². The summed E-state index contributed by atoms with van der Waals surface area (Å²) in [7, 11) is 0. The van der Waals surface area contributed by atoms with E-state index < -0.39 is 23.6 Å². The monoisotopic (exact) mass is 233 g/mol. The van der Waals surface area contributed by atoms with Crippen molar-refractivity contribution in [1.29, 1.82) is 0 Å². The van der Waals surface area contributed by atoms with Gasteiger partial charge in [0.2, 0.25) is 11.8 Å². The SMILES string of the molecule is C=C[C](N1C(=O)C=CC1=O)N1C(=O)CCC1=O. The maximum absolute atomic E-state index is 11.5. The van der Waals surface area contributed by atoms with Crippen molar-refractivity contribution >= 4 is 23.6 Å². The highest BCUT2D eigenvalue weighted by Gasteiger charge is 2.42. The average molecular weight is 233 g/mol. The van der Waals surface area contributed by atoms with E-state index in [9.17, 15) is 19.2 Å². The molecule has 0 bridgehead atoms. The van der Waals surface area contributed by atoms with E-state index >= 15 is 0 Å². The Bertz CT molecular complexity index is 430. The summed E-state index contributed by atoms with van der Waals surface area (Å²) < 4.78 is 0. The third-order valence-electron chi connectivity index (χ3n) is 2.50. The molecule has 1 saturated heterocycles. The molecule has 6 heteroatoms. The number of rotatable bonds is 3. The summed E-state index contributed by atoms with van der Waals surface area (Å²) in [4.78, 5) is 47.5. The number of hydrogen-bond acceptors (Lipinski definition) is 4. The first-order chi connectivity index (χ1) is 8.06. The molecule has 1 radical (unpaired) electrons. The van der Waals surface area contributed by atoms with E-state index in [1.165, 1.54) is 0 Å². The molecule has 2 aliphatic heterocycles. The molecule has 1 fully saturated rings. The Morgan fingerprint density at radius 3 is 1.88 bits per heavy atom. The fraction of sp³-hybridized carbons (Fsp3) is 0.182. The second-order valence-corrected chi connectivity index (χ2v) is 3.53. The second-order valence-electron chi connectivity index (χ2n) is 3.53. The van der Waals surface area contributed by atoms with E-state index in [4.69, 9.17) is 0 Å². The molecule has 2 rings (SSSR count). The maximum Gasteiger partial charge on any atom is 0.256 e. The van der Waals surface area contributed by atoms with E-state index in [0.717, 1.165) is 28.0 Å². The summed E-state index contributed by atoms with van der Waals surface area (Å²) in [6, 6.07) is 0. The van der Waals surface area contributed by atoms with Gasteiger partial charge in [0.25, 0.3) is 11.8 Å². The largest absolute Gasteiger partial charge is 0.274 e. The van der Waals surface area contributed by atoms with Gasteiger partial charge in [-0.2, -0.15) is 0 Å². The van der Waals surface area contributed by atoms with Gasteiger partial charge >= 0.3 is 0 Å². The summed E-state index contributed by atoms with van der Waals surface area (Å²) in [6.07, 6.45) is 3.40. The van der Waals surface area contributed by atoms with E-state index in [1.807, 2.05) is 0 Å². The fourth-order valence-electron chi connectivity index (χ4n) is 1.74. The first kappa shape index (κ1) is 11.3. The Hall–Kier alpha value is -2.24. The smallest absolute Gasteiger partial charge is 0.256 e. The molecular formula is C11H9N2O4. The van der Waals surface area contributed by atoms with Crippen LogP contribution >= 0.6 is 0 Å². The third kappa shape index (κ3) is 1.67. The molecule has 0 unspecified atom stereocenters. The highest BCUT2D eigenvalue weighted by Crippen LogP contribution is 2.26. The predicted octanol–water partition coefficient (Wildman–Crippen LogP) is -0.264. The van der Waals surface area contributed by atoms with Crippen LogP contribution in [-0.2, 0) is 19.2 Å². The van der Waals surface area contributed by atoms with E-state index in [0.29, 0.717) is 0 Å². The van der Waals surface area contributed by atoms with Gasteiger partial charge in [-0.3, -0.25) is 19.2 Å². The first-order valence-corrected chi connectivity index (χ1v) is 4.97. The van der Waals surface area contributed by atoms with Crippen LogP contribution in [0.25, 0.3) is 0 Å². The fourth-order valence-corrected chi connectivity index (χ4v) is 1.74. The number of carbonyl (C=O) groups is 4. The zero-order valence-electron chi connectivity index (χ0n) is 8.88. The molecular weight excluding hydrogens is 224 g/mol. The number of carbonyl (C=O) groups excluding carboxylic acids is 4. The van der Waals surface area contributed by atoms with Gasteiger partial charge in [0.1, 0.15) is 0 Å². The van der Waals surface area contributed by atoms with Gasteiger partial charge in [-0.15, -0.1) is 0 Å². The lowest BCUT2D eigenvalue weighted by atomic mass is 10.3. The molecule has 0 atom stereocenters. The highest BCUT2D eigenvalue weighted by molar-refractivity contribution is 6.15. The summed E-state index contributed by atoms with van der Waals surface area (Å²) in [6.45, 7) is 3.43. The summed E-state index contributed by atoms with van der Waals surface area (Å²) in [5.74, 6) is -2.04. The van der Waals surface area contributed by atoms with Crippen molar-refractivity contribution in [3.8, 4) is 0 Å². The van der Waals surface area contributed by atoms with Gasteiger partial charge in [-0.1, -0.05) is 6.58 Å². The van der Waals surface area contributed by atoms with E-state index in [2.05, 4.69) is 6.58 Å². The molecule has 0 N–H and O–H groups in total. The Kier molecular flexibility index (Phi) is 2.63. The Labute approximate surface area is 97.2 Å².